The Morgan fingerprint density at radius 3 is 2.86 bits per heavy atom. The maximum Gasteiger partial charge on any atom is 0.309 e. The Kier molecular flexibility index (Phi) is 4.09. The number of aryl methyl sites for hydroxylation is 1. The summed E-state index contributed by atoms with van der Waals surface area (Å²) in [5.41, 5.74) is 2.73. The molecule has 2 aliphatic carbocycles. The predicted molar refractivity (Wildman–Crippen MR) is 80.0 cm³/mol. The highest BCUT2D eigenvalue weighted by Gasteiger charge is 2.49. The van der Waals surface area contributed by atoms with E-state index in [0.29, 0.717) is 25.4 Å². The molecular weight excluding hydrogens is 264 g/mol. The molecule has 1 aromatic carbocycles. The fraction of sp³-hybridized carbons (Fsp3) is 0.556. The average Bonchev–Trinajstić information content (AvgIpc) is 3.28. The number of fused-ring (bicyclic) bond motifs is 1. The van der Waals surface area contributed by atoms with Gasteiger partial charge in [-0.25, -0.2) is 0 Å². The van der Waals surface area contributed by atoms with Crippen molar-refractivity contribution in [2.45, 2.75) is 44.9 Å². The van der Waals surface area contributed by atoms with Crippen molar-refractivity contribution < 1.29 is 14.3 Å². The van der Waals surface area contributed by atoms with Crippen LogP contribution in [0.5, 0.6) is 0 Å². The monoisotopic (exact) mass is 286 g/mol. The highest BCUT2D eigenvalue weighted by atomic mass is 16.5. The lowest BCUT2D eigenvalue weighted by Gasteiger charge is -2.25. The smallest absolute Gasteiger partial charge is 0.309 e. The van der Waals surface area contributed by atoms with Crippen molar-refractivity contribution in [3.63, 3.8) is 0 Å². The Morgan fingerprint density at radius 2 is 2.05 bits per heavy atom. The number of hydrogen-bond donors (Lipinski definition) is 0. The minimum Gasteiger partial charge on any atom is -0.466 e. The number of ketones is 1. The number of ether oxygens (including phenoxy) is 1. The molecule has 1 saturated carbocycles. The summed E-state index contributed by atoms with van der Waals surface area (Å²) < 4.78 is 5.00. The Morgan fingerprint density at radius 1 is 1.24 bits per heavy atom. The third-order valence-electron chi connectivity index (χ3n) is 4.73. The van der Waals surface area contributed by atoms with Crippen molar-refractivity contribution in [3.8, 4) is 0 Å². The molecule has 0 amide bonds. The zero-order valence-electron chi connectivity index (χ0n) is 12.5. The van der Waals surface area contributed by atoms with Crippen LogP contribution < -0.4 is 0 Å². The summed E-state index contributed by atoms with van der Waals surface area (Å²) in [5, 5.41) is 0. The van der Waals surface area contributed by atoms with Gasteiger partial charge in [0.2, 0.25) is 0 Å². The van der Waals surface area contributed by atoms with E-state index in [1.165, 1.54) is 11.1 Å². The predicted octanol–water partition coefficient (Wildman–Crippen LogP) is 3.26. The average molecular weight is 286 g/mol. The van der Waals surface area contributed by atoms with Crippen LogP contribution in [-0.4, -0.2) is 18.4 Å². The first-order valence-electron chi connectivity index (χ1n) is 7.97. The van der Waals surface area contributed by atoms with Crippen LogP contribution >= 0.6 is 0 Å². The van der Waals surface area contributed by atoms with Crippen LogP contribution in [0.15, 0.2) is 24.3 Å². The molecule has 0 aromatic heterocycles. The van der Waals surface area contributed by atoms with Gasteiger partial charge in [0.25, 0.3) is 0 Å². The lowest BCUT2D eigenvalue weighted by molar-refractivity contribution is -0.145. The molecule has 0 N–H and O–H groups in total. The van der Waals surface area contributed by atoms with Crippen LogP contribution in [-0.2, 0) is 20.7 Å². The molecule has 3 rings (SSSR count). The van der Waals surface area contributed by atoms with Crippen molar-refractivity contribution in [2.75, 3.05) is 6.61 Å². The van der Waals surface area contributed by atoms with Gasteiger partial charge in [-0.2, -0.15) is 0 Å². The molecule has 3 nitrogen and oxygen atoms in total. The number of carbonyl (C=O) groups is 2. The Labute approximate surface area is 125 Å². The summed E-state index contributed by atoms with van der Waals surface area (Å²) in [6.07, 6.45) is 4.62. The molecule has 0 spiro atoms. The van der Waals surface area contributed by atoms with Crippen molar-refractivity contribution in [1.29, 1.82) is 0 Å². The van der Waals surface area contributed by atoms with Gasteiger partial charge in [-0.15, -0.1) is 0 Å². The van der Waals surface area contributed by atoms with Gasteiger partial charge in [0, 0.05) is 12.3 Å². The van der Waals surface area contributed by atoms with E-state index in [1.807, 2.05) is 0 Å². The number of benzene rings is 1. The molecule has 1 unspecified atom stereocenters. The molecule has 0 bridgehead atoms. The van der Waals surface area contributed by atoms with Crippen molar-refractivity contribution in [3.05, 3.63) is 35.4 Å². The van der Waals surface area contributed by atoms with Gasteiger partial charge in [0.1, 0.15) is 5.78 Å². The Balaban J connectivity index is 1.61. The maximum atomic E-state index is 12.4. The van der Waals surface area contributed by atoms with Crippen LogP contribution in [0.1, 0.15) is 49.7 Å². The number of hydrogen-bond acceptors (Lipinski definition) is 3. The standard InChI is InChI=1S/C18H22O3/c1-2-21-18(20)16-11-15(16)17(19)10-13-8-5-7-12-6-3-4-9-14(12)13/h3-4,6,9,13,15-16H,2,5,7-8,10-11H2,1H3/t13?,15-,16-/m0/s1. The summed E-state index contributed by atoms with van der Waals surface area (Å²) in [6, 6.07) is 8.45. The van der Waals surface area contributed by atoms with E-state index < -0.39 is 0 Å². The molecule has 0 heterocycles. The van der Waals surface area contributed by atoms with Crippen molar-refractivity contribution in [2.24, 2.45) is 11.8 Å². The van der Waals surface area contributed by atoms with Gasteiger partial charge in [0.05, 0.1) is 12.5 Å². The summed E-state index contributed by atoms with van der Waals surface area (Å²) in [7, 11) is 0. The molecule has 2 aliphatic rings. The van der Waals surface area contributed by atoms with E-state index in [9.17, 15) is 9.59 Å². The number of carbonyl (C=O) groups excluding carboxylic acids is 2. The zero-order chi connectivity index (χ0) is 14.8. The van der Waals surface area contributed by atoms with Crippen LogP contribution in [0.3, 0.4) is 0 Å². The van der Waals surface area contributed by atoms with Crippen LogP contribution in [0.4, 0.5) is 0 Å². The lowest BCUT2D eigenvalue weighted by Crippen LogP contribution is -2.17. The van der Waals surface area contributed by atoms with Gasteiger partial charge < -0.3 is 4.74 Å². The molecule has 1 aromatic rings. The molecule has 21 heavy (non-hydrogen) atoms. The molecule has 3 heteroatoms. The summed E-state index contributed by atoms with van der Waals surface area (Å²) in [6.45, 7) is 2.20. The van der Waals surface area contributed by atoms with E-state index in [2.05, 4.69) is 24.3 Å². The first kappa shape index (κ1) is 14.3. The second-order valence-corrected chi connectivity index (χ2v) is 6.16. The van der Waals surface area contributed by atoms with Crippen molar-refractivity contribution >= 4 is 11.8 Å². The zero-order valence-corrected chi connectivity index (χ0v) is 12.5. The first-order chi connectivity index (χ1) is 10.2. The normalized spacial score (nSPS) is 26.8. The molecule has 112 valence electrons. The van der Waals surface area contributed by atoms with Crippen LogP contribution in [0, 0.1) is 11.8 Å². The third-order valence-corrected chi connectivity index (χ3v) is 4.73. The fourth-order valence-electron chi connectivity index (χ4n) is 3.52. The highest BCUT2D eigenvalue weighted by molar-refractivity contribution is 5.91. The second-order valence-electron chi connectivity index (χ2n) is 6.16. The van der Waals surface area contributed by atoms with Gasteiger partial charge in [0.15, 0.2) is 0 Å². The van der Waals surface area contributed by atoms with Gasteiger partial charge in [-0.05, 0) is 49.7 Å². The summed E-state index contributed by atoms with van der Waals surface area (Å²) >= 11 is 0. The molecule has 3 atom stereocenters. The Bertz CT molecular complexity index is 549. The minimum atomic E-state index is -0.195. The van der Waals surface area contributed by atoms with Crippen molar-refractivity contribution in [1.82, 2.24) is 0 Å². The Hall–Kier alpha value is -1.64. The SMILES string of the molecule is CCOC(=O)[C@H]1C[C@@H]1C(=O)CC1CCCc2ccccc21. The topological polar surface area (TPSA) is 43.4 Å². The summed E-state index contributed by atoms with van der Waals surface area (Å²) in [5.74, 6) is 0.134. The van der Waals surface area contributed by atoms with E-state index in [-0.39, 0.29) is 23.6 Å². The maximum absolute atomic E-state index is 12.4. The van der Waals surface area contributed by atoms with E-state index in [4.69, 9.17) is 4.74 Å². The lowest BCUT2D eigenvalue weighted by atomic mass is 9.80. The largest absolute Gasteiger partial charge is 0.466 e. The molecule has 0 saturated heterocycles. The molecular formula is C18H22O3. The highest BCUT2D eigenvalue weighted by Crippen LogP contribution is 2.43. The van der Waals surface area contributed by atoms with E-state index in [1.54, 1.807) is 6.92 Å². The quantitative estimate of drug-likeness (QED) is 0.780. The fourth-order valence-corrected chi connectivity index (χ4v) is 3.52. The molecule has 1 fully saturated rings. The van der Waals surface area contributed by atoms with Gasteiger partial charge in [-0.3, -0.25) is 9.59 Å². The number of rotatable bonds is 5. The summed E-state index contributed by atoms with van der Waals surface area (Å²) in [4.78, 5) is 24.0. The van der Waals surface area contributed by atoms with Gasteiger partial charge >= 0.3 is 5.97 Å². The number of esters is 1. The van der Waals surface area contributed by atoms with Crippen LogP contribution in [0.25, 0.3) is 0 Å². The molecule has 0 aliphatic heterocycles. The van der Waals surface area contributed by atoms with E-state index >= 15 is 0 Å². The third kappa shape index (κ3) is 3.02. The van der Waals surface area contributed by atoms with Gasteiger partial charge in [-0.1, -0.05) is 24.3 Å². The second kappa shape index (κ2) is 6.00. The minimum absolute atomic E-state index is 0.0851. The van der Waals surface area contributed by atoms with E-state index in [0.717, 1.165) is 19.3 Å². The van der Waals surface area contributed by atoms with Crippen LogP contribution in [0.2, 0.25) is 0 Å². The first-order valence-corrected chi connectivity index (χ1v) is 7.97. The molecule has 0 radical (unpaired) electrons. The number of Topliss-reactive ketones (excluding diaryl/α,β-unsaturated/α-hetero) is 1.